The number of hydrogen-bond donors (Lipinski definition) is 0. The van der Waals surface area contributed by atoms with Crippen LogP contribution in [0.2, 0.25) is 0 Å². The van der Waals surface area contributed by atoms with E-state index in [1.54, 1.807) is 24.3 Å². The summed E-state index contributed by atoms with van der Waals surface area (Å²) in [6.45, 7) is 9.70. The Bertz CT molecular complexity index is 1820. The number of fused-ring (bicyclic) bond motifs is 2. The standard InChI is InChI=1S/C34H33BF4N2Se2/c1-18-16-19(2)29(20(3)17-18)30-31-21(4)33(42-27-12-8-25(36)9-13-27)23(6)40(31)35(38,39)41-24(7)34(22(5)32(30)41)43-28-14-10-26(37)11-15-28/h8-17,30-31H,1-7H3. The Morgan fingerprint density at radius 2 is 1.26 bits per heavy atom. The third-order valence-corrected chi connectivity index (χ3v) is 14.4. The minimum atomic E-state index is -4.18. The molecule has 43 heavy (non-hydrogen) atoms. The van der Waals surface area contributed by atoms with Crippen molar-refractivity contribution in [3.8, 4) is 0 Å². The Labute approximate surface area is 263 Å². The number of allylic oxidation sites excluding steroid dienone is 1. The van der Waals surface area contributed by atoms with Crippen LogP contribution in [0.5, 0.6) is 0 Å². The molecule has 0 N–H and O–H groups in total. The first kappa shape index (κ1) is 30.2. The maximum atomic E-state index is 17.2. The molecule has 0 aliphatic carbocycles. The van der Waals surface area contributed by atoms with Gasteiger partial charge in [-0.1, -0.05) is 0 Å². The van der Waals surface area contributed by atoms with Gasteiger partial charge in [0.1, 0.15) is 0 Å². The van der Waals surface area contributed by atoms with Crippen LogP contribution in [0.1, 0.15) is 59.0 Å². The van der Waals surface area contributed by atoms with Gasteiger partial charge in [-0.05, 0) is 0 Å². The van der Waals surface area contributed by atoms with Crippen LogP contribution in [-0.4, -0.2) is 57.6 Å². The summed E-state index contributed by atoms with van der Waals surface area (Å²) in [5, 5.41) is 0. The first-order valence-corrected chi connectivity index (χ1v) is 17.7. The van der Waals surface area contributed by atoms with Crippen molar-refractivity contribution in [3.05, 3.63) is 122 Å². The third kappa shape index (κ3) is 4.89. The second kappa shape index (κ2) is 11.0. The zero-order valence-corrected chi connectivity index (χ0v) is 28.7. The molecule has 2 unspecified atom stereocenters. The van der Waals surface area contributed by atoms with Gasteiger partial charge in [-0.25, -0.2) is 0 Å². The van der Waals surface area contributed by atoms with E-state index in [2.05, 4.69) is 32.9 Å². The number of aryl methyl sites for hydroxylation is 3. The summed E-state index contributed by atoms with van der Waals surface area (Å²) in [5.74, 6) is -0.926. The van der Waals surface area contributed by atoms with E-state index >= 15 is 8.63 Å². The van der Waals surface area contributed by atoms with Crippen LogP contribution in [0.4, 0.5) is 17.4 Å². The number of hydrogen-bond acceptors (Lipinski definition) is 0. The average Bonchev–Trinajstić information content (AvgIpc) is 3.34. The molecule has 3 heterocycles. The van der Waals surface area contributed by atoms with Crippen molar-refractivity contribution in [2.45, 2.75) is 60.4 Å². The van der Waals surface area contributed by atoms with E-state index in [4.69, 9.17) is 0 Å². The van der Waals surface area contributed by atoms with Crippen molar-refractivity contribution in [2.75, 3.05) is 0 Å². The fourth-order valence-corrected chi connectivity index (χ4v) is 11.5. The van der Waals surface area contributed by atoms with Crippen LogP contribution in [-0.2, 0) is 0 Å². The first-order valence-electron chi connectivity index (χ1n) is 14.3. The molecule has 2 nitrogen and oxygen atoms in total. The summed E-state index contributed by atoms with van der Waals surface area (Å²) in [5.41, 5.74) is 8.15. The van der Waals surface area contributed by atoms with Crippen LogP contribution in [0.3, 0.4) is 0 Å². The van der Waals surface area contributed by atoms with Crippen molar-refractivity contribution < 1.29 is 21.9 Å². The molecule has 0 radical (unpaired) electrons. The molecule has 0 amide bonds. The second-order valence-corrected chi connectivity index (χ2v) is 16.3. The van der Waals surface area contributed by atoms with Gasteiger partial charge in [0.2, 0.25) is 0 Å². The molecule has 2 aliphatic rings. The molecule has 4 aromatic rings. The quantitative estimate of drug-likeness (QED) is 0.191. The van der Waals surface area contributed by atoms with Gasteiger partial charge in [-0.15, -0.1) is 0 Å². The molecule has 1 aromatic heterocycles. The van der Waals surface area contributed by atoms with Crippen molar-refractivity contribution in [1.29, 1.82) is 0 Å². The molecule has 0 spiro atoms. The molecule has 2 aliphatic heterocycles. The van der Waals surface area contributed by atoms with Gasteiger partial charge in [0.25, 0.3) is 0 Å². The molecular weight excluding hydrogens is 681 g/mol. The van der Waals surface area contributed by atoms with Crippen molar-refractivity contribution >= 4 is 56.0 Å². The Hall–Kier alpha value is -2.83. The number of rotatable bonds is 5. The number of nitrogens with zero attached hydrogens (tertiary/aromatic N) is 2. The summed E-state index contributed by atoms with van der Waals surface area (Å²) in [6, 6.07) is 16.5. The van der Waals surface area contributed by atoms with Crippen LogP contribution < -0.4 is 13.4 Å². The van der Waals surface area contributed by atoms with E-state index in [1.165, 1.54) is 33.2 Å². The Morgan fingerprint density at radius 1 is 0.744 bits per heavy atom. The van der Waals surface area contributed by atoms with Gasteiger partial charge in [0.15, 0.2) is 0 Å². The molecular formula is C34H33BF4N2Se2. The predicted molar refractivity (Wildman–Crippen MR) is 170 cm³/mol. The molecule has 0 saturated heterocycles. The van der Waals surface area contributed by atoms with Gasteiger partial charge in [-0.2, -0.15) is 0 Å². The second-order valence-electron chi connectivity index (χ2n) is 11.7. The van der Waals surface area contributed by atoms with Crippen molar-refractivity contribution in [2.24, 2.45) is 0 Å². The van der Waals surface area contributed by atoms with Gasteiger partial charge >= 0.3 is 264 Å². The van der Waals surface area contributed by atoms with E-state index in [1.807, 2.05) is 27.7 Å². The number of aromatic nitrogens is 1. The maximum absolute atomic E-state index is 17.2. The summed E-state index contributed by atoms with van der Waals surface area (Å²) in [4.78, 5) is 0. The van der Waals surface area contributed by atoms with Gasteiger partial charge in [0.05, 0.1) is 0 Å². The van der Waals surface area contributed by atoms with Crippen molar-refractivity contribution in [1.82, 2.24) is 4.48 Å². The summed E-state index contributed by atoms with van der Waals surface area (Å²) in [7, 11) is 0. The zero-order chi connectivity index (χ0) is 31.0. The number of benzene rings is 3. The van der Waals surface area contributed by atoms with Gasteiger partial charge < -0.3 is 0 Å². The van der Waals surface area contributed by atoms with Gasteiger partial charge in [0, 0.05) is 0 Å². The summed E-state index contributed by atoms with van der Waals surface area (Å²) in [6.07, 6.45) is 0. The predicted octanol–water partition coefficient (Wildman–Crippen LogP) is 5.49. The number of halogens is 4. The van der Waals surface area contributed by atoms with E-state index < -0.39 is 13.0 Å². The van der Waals surface area contributed by atoms with Crippen LogP contribution in [0.25, 0.3) is 0 Å². The fraction of sp³-hybridized carbons (Fsp3) is 0.265. The molecule has 9 heteroatoms. The topological polar surface area (TPSA) is 7.94 Å². The van der Waals surface area contributed by atoms with Crippen LogP contribution in [0.15, 0.2) is 70.7 Å². The molecule has 0 fully saturated rings. The van der Waals surface area contributed by atoms with E-state index in [9.17, 15) is 8.78 Å². The van der Waals surface area contributed by atoms with E-state index in [0.29, 0.717) is 17.1 Å². The van der Waals surface area contributed by atoms with E-state index in [0.717, 1.165) is 51.2 Å². The average molecular weight is 714 g/mol. The summed E-state index contributed by atoms with van der Waals surface area (Å²) < 4.78 is 68.2. The van der Waals surface area contributed by atoms with Crippen LogP contribution in [0, 0.1) is 46.3 Å². The monoisotopic (exact) mass is 716 g/mol. The van der Waals surface area contributed by atoms with E-state index in [-0.39, 0.29) is 47.5 Å². The molecule has 0 saturated carbocycles. The van der Waals surface area contributed by atoms with Crippen LogP contribution >= 0.6 is 0 Å². The third-order valence-electron chi connectivity index (χ3n) is 8.86. The normalized spacial score (nSPS) is 19.2. The van der Waals surface area contributed by atoms with Crippen molar-refractivity contribution in [3.63, 3.8) is 0 Å². The summed E-state index contributed by atoms with van der Waals surface area (Å²) >= 11 is -0.534. The fourth-order valence-electron chi connectivity index (χ4n) is 7.23. The SMILES string of the molecule is CC1=C([Se]c2ccc(F)cc2)C(C)=[N+]2C1C(c1c(C)cc(C)cc1C)c1c(C)c([Se]c3ccc(F)cc3)c(C)n1[B-]2(F)F. The Kier molecular flexibility index (Phi) is 7.70. The minimum absolute atomic E-state index is 0.261. The van der Waals surface area contributed by atoms with Gasteiger partial charge in [-0.3, -0.25) is 0 Å². The molecule has 222 valence electrons. The molecule has 0 bridgehead atoms. The molecule has 6 rings (SSSR count). The zero-order valence-electron chi connectivity index (χ0n) is 25.2. The first-order chi connectivity index (χ1) is 20.3. The molecule has 2 atom stereocenters. The Balaban J connectivity index is 1.61. The Morgan fingerprint density at radius 3 is 1.79 bits per heavy atom. The molecule has 3 aromatic carbocycles.